The molecule has 2 amide bonds. The first-order valence-electron chi connectivity index (χ1n) is 2.01. The number of carbonyl (C=O) groups is 1. The van der Waals surface area contributed by atoms with Gasteiger partial charge in [0.15, 0.2) is 0 Å². The molecule has 0 aromatic rings. The summed E-state index contributed by atoms with van der Waals surface area (Å²) >= 11 is 0. The molecule has 0 aliphatic carbocycles. The van der Waals surface area contributed by atoms with E-state index in [2.05, 4.69) is 10.2 Å². The summed E-state index contributed by atoms with van der Waals surface area (Å²) in [6, 6.07) is -0.910. The van der Waals surface area contributed by atoms with Gasteiger partial charge in [-0.2, -0.15) is 0 Å². The highest BCUT2D eigenvalue weighted by Gasteiger charge is 1.91. The van der Waals surface area contributed by atoms with Crippen molar-refractivity contribution in [3.63, 3.8) is 0 Å². The van der Waals surface area contributed by atoms with E-state index in [9.17, 15) is 14.4 Å². The number of hydrogen-bond acceptors (Lipinski definition) is 5. The van der Waals surface area contributed by atoms with Crippen molar-refractivity contribution in [3.05, 3.63) is 0 Å². The molecule has 0 fully saturated rings. The van der Waals surface area contributed by atoms with Gasteiger partial charge in [-0.3, -0.25) is 0 Å². The maximum atomic E-state index is 10.2. The van der Waals surface area contributed by atoms with E-state index >= 15 is 0 Å². The second kappa shape index (κ2) is 5.17. The molecule has 10 heavy (non-hydrogen) atoms. The minimum atomic E-state index is -0.910. The lowest BCUT2D eigenvalue weighted by atomic mass is 11.1. The lowest BCUT2D eigenvalue weighted by molar-refractivity contribution is 0.241. The van der Waals surface area contributed by atoms with Crippen molar-refractivity contribution in [2.24, 2.45) is 10.2 Å². The predicted octanol–water partition coefficient (Wildman–Crippen LogP) is -1.21. The third-order valence-corrected chi connectivity index (χ3v) is 0.406. The van der Waals surface area contributed by atoms with Gasteiger partial charge in [0.2, 0.25) is 0 Å². The Labute approximate surface area is 54.8 Å². The number of amides is 2. The molecule has 0 bridgehead atoms. The van der Waals surface area contributed by atoms with Crippen LogP contribution in [0.2, 0.25) is 0 Å². The summed E-state index contributed by atoms with van der Waals surface area (Å²) in [5.74, 6) is 0. The van der Waals surface area contributed by atoms with Crippen molar-refractivity contribution in [1.82, 2.24) is 10.9 Å². The molecular formula is C3H2N4O3. The summed E-state index contributed by atoms with van der Waals surface area (Å²) in [5, 5.41) is 5.33. The maximum Gasteiger partial charge on any atom is 0.356 e. The number of rotatable bonds is 2. The zero-order chi connectivity index (χ0) is 7.82. The molecule has 7 heteroatoms. The van der Waals surface area contributed by atoms with E-state index in [-0.39, 0.29) is 0 Å². The standard InChI is InChI=1S/C3H2N4O3/c8-1-4-6-3(10)7-5-2-9/h(H2,6,7,10). The number of carbonyl (C=O) groups excluding carboxylic acids is 3. The molecule has 0 unspecified atom stereocenters. The van der Waals surface area contributed by atoms with Crippen LogP contribution in [-0.4, -0.2) is 18.2 Å². The summed E-state index contributed by atoms with van der Waals surface area (Å²) in [5.41, 5.74) is 3.29. The summed E-state index contributed by atoms with van der Waals surface area (Å²) in [6.45, 7) is 0. The summed E-state index contributed by atoms with van der Waals surface area (Å²) < 4.78 is 0. The second-order valence-electron chi connectivity index (χ2n) is 0.959. The molecule has 0 rings (SSSR count). The number of isocyanates is 2. The van der Waals surface area contributed by atoms with Crippen LogP contribution in [0, 0.1) is 0 Å². The molecule has 0 aliphatic rings. The topological polar surface area (TPSA) is 100.0 Å². The Morgan fingerprint density at radius 3 is 1.80 bits per heavy atom. The molecule has 0 radical (unpaired) electrons. The molecular weight excluding hydrogens is 140 g/mol. The summed E-state index contributed by atoms with van der Waals surface area (Å²) in [4.78, 5) is 28.9. The number of hydrazone groups is 2. The monoisotopic (exact) mass is 142 g/mol. The van der Waals surface area contributed by atoms with Crippen LogP contribution in [-0.2, 0) is 9.59 Å². The normalized spacial score (nSPS) is 6.40. The minimum Gasteiger partial charge on any atom is -0.245 e. The lowest BCUT2D eigenvalue weighted by Gasteiger charge is -1.89. The average molecular weight is 142 g/mol. The maximum absolute atomic E-state index is 10.2. The zero-order valence-corrected chi connectivity index (χ0v) is 4.62. The number of urea groups is 1. The van der Waals surface area contributed by atoms with E-state index in [1.54, 1.807) is 10.9 Å². The Balaban J connectivity index is 3.63. The highest BCUT2D eigenvalue weighted by atomic mass is 16.2. The minimum absolute atomic E-state index is 0.910. The largest absolute Gasteiger partial charge is 0.356 e. The van der Waals surface area contributed by atoms with Crippen LogP contribution in [0.5, 0.6) is 0 Å². The first-order chi connectivity index (χ1) is 4.81. The first kappa shape index (κ1) is 8.03. The Morgan fingerprint density at radius 2 is 1.50 bits per heavy atom. The summed E-state index contributed by atoms with van der Waals surface area (Å²) in [7, 11) is 0. The van der Waals surface area contributed by atoms with Crippen LogP contribution < -0.4 is 10.9 Å². The van der Waals surface area contributed by atoms with Gasteiger partial charge in [-0.25, -0.2) is 25.2 Å². The zero-order valence-electron chi connectivity index (χ0n) is 4.62. The van der Waals surface area contributed by atoms with Crippen LogP contribution in [0.4, 0.5) is 4.79 Å². The molecule has 7 nitrogen and oxygen atoms in total. The van der Waals surface area contributed by atoms with Gasteiger partial charge in [-0.1, -0.05) is 10.2 Å². The number of nitrogens with zero attached hydrogens (tertiary/aromatic N) is 2. The van der Waals surface area contributed by atoms with Crippen molar-refractivity contribution in [3.8, 4) is 0 Å². The Bertz CT molecular complexity index is 190. The van der Waals surface area contributed by atoms with E-state index in [1.165, 1.54) is 0 Å². The van der Waals surface area contributed by atoms with Crippen LogP contribution in [0.15, 0.2) is 10.2 Å². The quantitative estimate of drug-likeness (QED) is 0.287. The van der Waals surface area contributed by atoms with Gasteiger partial charge in [-0.15, -0.1) is 0 Å². The van der Waals surface area contributed by atoms with Gasteiger partial charge in [0, 0.05) is 0 Å². The van der Waals surface area contributed by atoms with Crippen LogP contribution in [0.1, 0.15) is 0 Å². The van der Waals surface area contributed by atoms with Crippen molar-refractivity contribution >= 4 is 18.2 Å². The molecule has 0 aliphatic heterocycles. The molecule has 0 heterocycles. The van der Waals surface area contributed by atoms with E-state index in [1.807, 2.05) is 0 Å². The smallest absolute Gasteiger partial charge is 0.245 e. The van der Waals surface area contributed by atoms with E-state index in [4.69, 9.17) is 0 Å². The van der Waals surface area contributed by atoms with Gasteiger partial charge in [0.05, 0.1) is 0 Å². The Hall–Kier alpha value is -1.97. The first-order valence-corrected chi connectivity index (χ1v) is 2.01. The van der Waals surface area contributed by atoms with Gasteiger partial charge < -0.3 is 0 Å². The number of hydrogen-bond donors (Lipinski definition) is 2. The second-order valence-corrected chi connectivity index (χ2v) is 0.959. The number of nitrogens with one attached hydrogen (secondary N) is 2. The van der Waals surface area contributed by atoms with Crippen LogP contribution in [0.3, 0.4) is 0 Å². The molecule has 52 valence electrons. The lowest BCUT2D eigenvalue weighted by Crippen LogP contribution is -2.27. The van der Waals surface area contributed by atoms with E-state index in [0.717, 1.165) is 12.2 Å². The fourth-order valence-corrected chi connectivity index (χ4v) is 0.172. The average Bonchev–Trinajstić information content (AvgIpc) is 1.97. The molecule has 2 N–H and O–H groups in total. The summed E-state index contributed by atoms with van der Waals surface area (Å²) in [6.07, 6.45) is 2.08. The molecule has 0 aromatic carbocycles. The fourth-order valence-electron chi connectivity index (χ4n) is 0.172. The Morgan fingerprint density at radius 1 is 1.10 bits per heavy atom. The molecule has 0 saturated heterocycles. The van der Waals surface area contributed by atoms with Gasteiger partial charge >= 0.3 is 6.03 Å². The SMILES string of the molecule is O=C=NNC(=O)NN=C=O. The van der Waals surface area contributed by atoms with Crippen molar-refractivity contribution < 1.29 is 14.4 Å². The molecule has 0 aromatic heterocycles. The highest BCUT2D eigenvalue weighted by molar-refractivity contribution is 5.74. The van der Waals surface area contributed by atoms with Crippen LogP contribution in [0.25, 0.3) is 0 Å². The van der Waals surface area contributed by atoms with Crippen LogP contribution >= 0.6 is 0 Å². The predicted molar refractivity (Wildman–Crippen MR) is 27.9 cm³/mol. The molecule has 0 spiro atoms. The van der Waals surface area contributed by atoms with Gasteiger partial charge in [-0.05, 0) is 0 Å². The Kier molecular flexibility index (Phi) is 4.15. The van der Waals surface area contributed by atoms with Crippen molar-refractivity contribution in [1.29, 1.82) is 0 Å². The van der Waals surface area contributed by atoms with Gasteiger partial charge in [0.25, 0.3) is 12.2 Å². The third-order valence-electron chi connectivity index (χ3n) is 0.406. The molecule has 0 atom stereocenters. The van der Waals surface area contributed by atoms with Gasteiger partial charge in [0.1, 0.15) is 0 Å². The van der Waals surface area contributed by atoms with E-state index in [0.29, 0.717) is 0 Å². The highest BCUT2D eigenvalue weighted by Crippen LogP contribution is 1.60. The van der Waals surface area contributed by atoms with E-state index < -0.39 is 6.03 Å². The fraction of sp³-hybridized carbons (Fsp3) is 0. The van der Waals surface area contributed by atoms with Crippen molar-refractivity contribution in [2.75, 3.05) is 0 Å². The third kappa shape index (κ3) is 4.20. The van der Waals surface area contributed by atoms with Crippen molar-refractivity contribution in [2.45, 2.75) is 0 Å². The molecule has 0 saturated carbocycles.